The van der Waals surface area contributed by atoms with E-state index < -0.39 is 0 Å². The zero-order chi connectivity index (χ0) is 15.2. The van der Waals surface area contributed by atoms with Gasteiger partial charge in [-0.25, -0.2) is 0 Å². The Kier molecular flexibility index (Phi) is 5.14. The summed E-state index contributed by atoms with van der Waals surface area (Å²) in [6.07, 6.45) is 1.32. The highest BCUT2D eigenvalue weighted by atomic mass is 16.5. The predicted octanol–water partition coefficient (Wildman–Crippen LogP) is 3.14. The molecule has 4 heteroatoms. The van der Waals surface area contributed by atoms with Crippen LogP contribution in [-0.4, -0.2) is 17.6 Å². The van der Waals surface area contributed by atoms with Crippen LogP contribution in [0, 0.1) is 13.8 Å². The fourth-order valence-electron chi connectivity index (χ4n) is 2.44. The lowest BCUT2D eigenvalue weighted by Crippen LogP contribution is -2.29. The van der Waals surface area contributed by atoms with Crippen molar-refractivity contribution in [1.29, 1.82) is 0 Å². The molecule has 1 aromatic heterocycles. The van der Waals surface area contributed by atoms with Gasteiger partial charge in [-0.05, 0) is 25.8 Å². The Hall–Kier alpha value is -2.10. The largest absolute Gasteiger partial charge is 0.361 e. The van der Waals surface area contributed by atoms with E-state index in [1.807, 2.05) is 32.0 Å². The molecule has 0 aliphatic rings. The third kappa shape index (κ3) is 3.94. The Morgan fingerprint density at radius 3 is 2.57 bits per heavy atom. The molecule has 0 saturated carbocycles. The lowest BCUT2D eigenvalue weighted by molar-refractivity contribution is -0.120. The molecule has 112 valence electrons. The highest BCUT2D eigenvalue weighted by Gasteiger charge is 2.15. The van der Waals surface area contributed by atoms with Crippen molar-refractivity contribution in [1.82, 2.24) is 10.5 Å². The minimum absolute atomic E-state index is 0.0128. The maximum atomic E-state index is 12.1. The van der Waals surface area contributed by atoms with E-state index in [2.05, 4.69) is 29.5 Å². The Labute approximate surface area is 125 Å². The summed E-state index contributed by atoms with van der Waals surface area (Å²) in [5, 5.41) is 6.89. The summed E-state index contributed by atoms with van der Waals surface area (Å²) in [6, 6.07) is 10.3. The normalized spacial score (nSPS) is 12.1. The number of hydrogen-bond donors (Lipinski definition) is 1. The highest BCUT2D eigenvalue weighted by molar-refractivity contribution is 5.79. The third-order valence-corrected chi connectivity index (χ3v) is 3.83. The average molecular weight is 286 g/mol. The summed E-state index contributed by atoms with van der Waals surface area (Å²) < 4.78 is 5.08. The van der Waals surface area contributed by atoms with Crippen LogP contribution in [0.5, 0.6) is 0 Å². The van der Waals surface area contributed by atoms with Crippen molar-refractivity contribution in [2.45, 2.75) is 39.5 Å². The molecule has 1 aromatic carbocycles. The monoisotopic (exact) mass is 286 g/mol. The van der Waals surface area contributed by atoms with Crippen LogP contribution < -0.4 is 5.32 Å². The number of rotatable bonds is 6. The first-order valence-corrected chi connectivity index (χ1v) is 7.35. The van der Waals surface area contributed by atoms with Gasteiger partial charge in [0.2, 0.25) is 5.91 Å². The van der Waals surface area contributed by atoms with Crippen molar-refractivity contribution in [3.63, 3.8) is 0 Å². The van der Waals surface area contributed by atoms with E-state index in [4.69, 9.17) is 4.52 Å². The van der Waals surface area contributed by atoms with Crippen LogP contribution in [0.15, 0.2) is 34.9 Å². The van der Waals surface area contributed by atoms with Crippen LogP contribution in [0.4, 0.5) is 0 Å². The van der Waals surface area contributed by atoms with E-state index in [0.717, 1.165) is 23.4 Å². The first-order valence-electron chi connectivity index (χ1n) is 7.35. The number of aromatic nitrogens is 1. The third-order valence-electron chi connectivity index (χ3n) is 3.83. The quantitative estimate of drug-likeness (QED) is 0.887. The number of amides is 1. The SMILES string of the molecule is CCC(CNC(=O)Cc1c(C)noc1C)c1ccccc1. The molecule has 0 radical (unpaired) electrons. The molecular formula is C17H22N2O2. The second-order valence-corrected chi connectivity index (χ2v) is 5.30. The van der Waals surface area contributed by atoms with Gasteiger partial charge in [0.25, 0.3) is 0 Å². The van der Waals surface area contributed by atoms with Crippen LogP contribution in [0.1, 0.15) is 41.8 Å². The minimum Gasteiger partial charge on any atom is -0.361 e. The first kappa shape index (κ1) is 15.3. The summed E-state index contributed by atoms with van der Waals surface area (Å²) >= 11 is 0. The van der Waals surface area contributed by atoms with Crippen molar-refractivity contribution in [3.8, 4) is 0 Å². The van der Waals surface area contributed by atoms with Gasteiger partial charge in [0.1, 0.15) is 5.76 Å². The molecule has 0 aliphatic heterocycles. The topological polar surface area (TPSA) is 55.1 Å². The zero-order valence-corrected chi connectivity index (χ0v) is 12.8. The summed E-state index contributed by atoms with van der Waals surface area (Å²) in [5.41, 5.74) is 2.94. The van der Waals surface area contributed by atoms with Crippen molar-refractivity contribution < 1.29 is 9.32 Å². The smallest absolute Gasteiger partial charge is 0.224 e. The Balaban J connectivity index is 1.91. The molecule has 4 nitrogen and oxygen atoms in total. The molecule has 1 amide bonds. The molecule has 1 N–H and O–H groups in total. The Morgan fingerprint density at radius 1 is 1.29 bits per heavy atom. The fourth-order valence-corrected chi connectivity index (χ4v) is 2.44. The molecule has 21 heavy (non-hydrogen) atoms. The van der Waals surface area contributed by atoms with Gasteiger partial charge in [0, 0.05) is 18.0 Å². The average Bonchev–Trinajstić information content (AvgIpc) is 2.81. The van der Waals surface area contributed by atoms with Crippen molar-refractivity contribution in [3.05, 3.63) is 52.9 Å². The molecule has 1 atom stereocenters. The molecule has 0 spiro atoms. The molecular weight excluding hydrogens is 264 g/mol. The molecule has 1 unspecified atom stereocenters. The number of hydrogen-bond acceptors (Lipinski definition) is 3. The van der Waals surface area contributed by atoms with Gasteiger partial charge < -0.3 is 9.84 Å². The Bertz CT molecular complexity index is 571. The highest BCUT2D eigenvalue weighted by Crippen LogP contribution is 2.18. The lowest BCUT2D eigenvalue weighted by atomic mass is 9.96. The van der Waals surface area contributed by atoms with Crippen molar-refractivity contribution in [2.75, 3.05) is 6.54 Å². The standard InChI is InChI=1S/C17H22N2O2/c1-4-14(15-8-6-5-7-9-15)11-18-17(20)10-16-12(2)19-21-13(16)3/h5-9,14H,4,10-11H2,1-3H3,(H,18,20). The number of carbonyl (C=O) groups excluding carboxylic acids is 1. The summed E-state index contributed by atoms with van der Waals surface area (Å²) in [6.45, 7) is 6.49. The number of nitrogens with one attached hydrogen (secondary N) is 1. The molecule has 2 rings (SSSR count). The van der Waals surface area contributed by atoms with E-state index in [0.29, 0.717) is 18.9 Å². The van der Waals surface area contributed by atoms with Gasteiger partial charge in [0.15, 0.2) is 0 Å². The van der Waals surface area contributed by atoms with Crippen LogP contribution in [0.25, 0.3) is 0 Å². The molecule has 0 saturated heterocycles. The number of aryl methyl sites for hydroxylation is 2. The van der Waals surface area contributed by atoms with Gasteiger partial charge in [-0.1, -0.05) is 42.4 Å². The lowest BCUT2D eigenvalue weighted by Gasteiger charge is -2.16. The van der Waals surface area contributed by atoms with E-state index in [-0.39, 0.29) is 5.91 Å². The second kappa shape index (κ2) is 7.07. The van der Waals surface area contributed by atoms with Gasteiger partial charge in [-0.15, -0.1) is 0 Å². The minimum atomic E-state index is 0.0128. The van der Waals surface area contributed by atoms with E-state index in [1.165, 1.54) is 5.56 Å². The van der Waals surface area contributed by atoms with Crippen molar-refractivity contribution >= 4 is 5.91 Å². The zero-order valence-electron chi connectivity index (χ0n) is 12.8. The summed E-state index contributed by atoms with van der Waals surface area (Å²) in [7, 11) is 0. The van der Waals surface area contributed by atoms with Gasteiger partial charge in [-0.2, -0.15) is 0 Å². The number of carbonyl (C=O) groups is 1. The van der Waals surface area contributed by atoms with Gasteiger partial charge >= 0.3 is 0 Å². The predicted molar refractivity (Wildman–Crippen MR) is 82.2 cm³/mol. The maximum absolute atomic E-state index is 12.1. The maximum Gasteiger partial charge on any atom is 0.224 e. The number of benzene rings is 1. The molecule has 0 fully saturated rings. The fraction of sp³-hybridized carbons (Fsp3) is 0.412. The van der Waals surface area contributed by atoms with E-state index in [1.54, 1.807) is 0 Å². The van der Waals surface area contributed by atoms with E-state index >= 15 is 0 Å². The van der Waals surface area contributed by atoms with Crippen LogP contribution in [0.2, 0.25) is 0 Å². The number of nitrogens with zero attached hydrogens (tertiary/aromatic N) is 1. The van der Waals surface area contributed by atoms with E-state index in [9.17, 15) is 4.79 Å². The van der Waals surface area contributed by atoms with Crippen LogP contribution >= 0.6 is 0 Å². The van der Waals surface area contributed by atoms with Gasteiger partial charge in [0.05, 0.1) is 12.1 Å². The summed E-state index contributed by atoms with van der Waals surface area (Å²) in [5.74, 6) is 1.08. The molecule has 0 bridgehead atoms. The first-order chi connectivity index (χ1) is 10.1. The van der Waals surface area contributed by atoms with Crippen LogP contribution in [0.3, 0.4) is 0 Å². The Morgan fingerprint density at radius 2 is 2.00 bits per heavy atom. The second-order valence-electron chi connectivity index (χ2n) is 5.30. The molecule has 0 aliphatic carbocycles. The molecule has 2 aromatic rings. The summed E-state index contributed by atoms with van der Waals surface area (Å²) in [4.78, 5) is 12.1. The van der Waals surface area contributed by atoms with Gasteiger partial charge in [-0.3, -0.25) is 4.79 Å². The van der Waals surface area contributed by atoms with Crippen molar-refractivity contribution in [2.24, 2.45) is 0 Å². The van der Waals surface area contributed by atoms with Crippen LogP contribution in [-0.2, 0) is 11.2 Å². The molecule has 1 heterocycles.